The highest BCUT2D eigenvalue weighted by Crippen LogP contribution is 2.66. The fourth-order valence-electron chi connectivity index (χ4n) is 5.68. The van der Waals surface area contributed by atoms with Crippen molar-refractivity contribution >= 4 is 17.2 Å². The van der Waals surface area contributed by atoms with E-state index in [-0.39, 0.29) is 17.3 Å². The second kappa shape index (κ2) is 8.33. The van der Waals surface area contributed by atoms with Gasteiger partial charge in [0.15, 0.2) is 0 Å². The number of halogens is 3. The molecule has 3 fully saturated rings. The van der Waals surface area contributed by atoms with Crippen LogP contribution in [0.2, 0.25) is 0 Å². The van der Waals surface area contributed by atoms with E-state index in [1.165, 1.54) is 19.0 Å². The zero-order valence-corrected chi connectivity index (χ0v) is 18.8. The Kier molecular flexibility index (Phi) is 6.00. The zero-order chi connectivity index (χ0) is 23.3. The molecule has 4 rings (SSSR count). The van der Waals surface area contributed by atoms with Crippen LogP contribution in [0.3, 0.4) is 0 Å². The van der Waals surface area contributed by atoms with Gasteiger partial charge in [0.25, 0.3) is 0 Å². The molecule has 2 aliphatic carbocycles. The number of hydrogen-bond acceptors (Lipinski definition) is 6. The number of pyridine rings is 1. The third-order valence-corrected chi connectivity index (χ3v) is 7.01. The van der Waals surface area contributed by atoms with Crippen LogP contribution in [0, 0.1) is 23.2 Å². The molecule has 4 N–H and O–H groups in total. The molecule has 0 amide bonds. The number of alkyl halides is 3. The molecule has 1 unspecified atom stereocenters. The average molecular weight is 452 g/mol. The van der Waals surface area contributed by atoms with Crippen LogP contribution in [0.4, 0.5) is 19.0 Å². The molecule has 0 aromatic carbocycles. The van der Waals surface area contributed by atoms with E-state index in [4.69, 9.17) is 21.2 Å². The highest BCUT2D eigenvalue weighted by atomic mass is 19.4. The number of aromatic nitrogens is 1. The largest absolute Gasteiger partial charge is 0.419 e. The smallest absolute Gasteiger partial charge is 0.398 e. The minimum Gasteiger partial charge on any atom is -0.398 e. The summed E-state index contributed by atoms with van der Waals surface area (Å²) in [4.78, 5) is 10.9. The summed E-state index contributed by atoms with van der Waals surface area (Å²) < 4.78 is 44.8. The van der Waals surface area contributed by atoms with Crippen molar-refractivity contribution in [2.75, 3.05) is 39.1 Å². The van der Waals surface area contributed by atoms with Gasteiger partial charge in [-0.1, -0.05) is 0 Å². The number of likely N-dealkylation sites (tertiary alicyclic amines) is 1. The number of rotatable bonds is 7. The summed E-state index contributed by atoms with van der Waals surface area (Å²) in [6, 6.07) is 1.04. The van der Waals surface area contributed by atoms with Crippen molar-refractivity contribution in [2.45, 2.75) is 38.9 Å². The summed E-state index contributed by atoms with van der Waals surface area (Å²) >= 11 is 0. The lowest BCUT2D eigenvalue weighted by atomic mass is 9.74. The number of ether oxygens (including phenoxy) is 1. The van der Waals surface area contributed by atoms with E-state index in [0.29, 0.717) is 23.2 Å². The van der Waals surface area contributed by atoms with Gasteiger partial charge in [0.05, 0.1) is 12.2 Å². The Morgan fingerprint density at radius 3 is 2.56 bits per heavy atom. The number of anilines is 1. The van der Waals surface area contributed by atoms with E-state index in [9.17, 15) is 13.2 Å². The van der Waals surface area contributed by atoms with Gasteiger partial charge in [-0.3, -0.25) is 9.89 Å². The molecule has 176 valence electrons. The third kappa shape index (κ3) is 4.50. The molecule has 0 radical (unpaired) electrons. The maximum atomic E-state index is 13.2. The summed E-state index contributed by atoms with van der Waals surface area (Å²) in [7, 11) is 1.73. The summed E-state index contributed by atoms with van der Waals surface area (Å²) in [6.07, 6.45) is 0.810. The van der Waals surface area contributed by atoms with Gasteiger partial charge >= 0.3 is 6.18 Å². The monoisotopic (exact) mass is 451 g/mol. The van der Waals surface area contributed by atoms with Crippen molar-refractivity contribution in [3.63, 3.8) is 0 Å². The topological polar surface area (TPSA) is 89.8 Å². The number of aliphatic imine (C=N–C) groups is 1. The molecular formula is C23H32F3N5O. The second-order valence-electron chi connectivity index (χ2n) is 9.87. The quantitative estimate of drug-likeness (QED) is 0.620. The number of allylic oxidation sites excluding steroid dienone is 1. The molecule has 1 aliphatic heterocycles. The fraction of sp³-hybridized carbons (Fsp3) is 0.652. The molecule has 1 spiro atoms. The molecule has 2 heterocycles. The standard InChI is InChI=1S/C23H32F3N5O/c1-13(2)30-19(7-18(27)14-6-17(23(24,25)26)21(28)29-10-14)20-15-8-22(9-16(15)20)11-31(12-22)4-5-32-3/h6-7,10,13,15-16,20H,4-5,8-9,11-12,27H2,1-3H3,(H2,28,29)/t15-,16+,20?. The number of methoxy groups -OCH3 is 1. The van der Waals surface area contributed by atoms with Crippen LogP contribution in [-0.2, 0) is 10.9 Å². The van der Waals surface area contributed by atoms with Crippen LogP contribution in [0.5, 0.6) is 0 Å². The van der Waals surface area contributed by atoms with E-state index in [1.807, 2.05) is 13.8 Å². The minimum absolute atomic E-state index is 0.0767. The highest BCUT2D eigenvalue weighted by Gasteiger charge is 2.65. The van der Waals surface area contributed by atoms with E-state index < -0.39 is 17.6 Å². The van der Waals surface area contributed by atoms with Crippen LogP contribution in [0.25, 0.3) is 5.70 Å². The average Bonchev–Trinajstić information content (AvgIpc) is 3.18. The maximum absolute atomic E-state index is 13.2. The lowest BCUT2D eigenvalue weighted by Gasteiger charge is -2.49. The molecule has 2 saturated carbocycles. The Hall–Kier alpha value is -2.13. The summed E-state index contributed by atoms with van der Waals surface area (Å²) in [5, 5.41) is 0. The molecular weight excluding hydrogens is 419 g/mol. The second-order valence-corrected chi connectivity index (χ2v) is 9.87. The van der Waals surface area contributed by atoms with Gasteiger partial charge in [0.1, 0.15) is 5.82 Å². The summed E-state index contributed by atoms with van der Waals surface area (Å²) in [6.45, 7) is 7.98. The molecule has 0 bridgehead atoms. The molecule has 3 aliphatic rings. The third-order valence-electron chi connectivity index (χ3n) is 7.01. The molecule has 1 saturated heterocycles. The Morgan fingerprint density at radius 2 is 2.00 bits per heavy atom. The normalized spacial score (nSPS) is 27.7. The SMILES string of the molecule is COCCN1CC2(C[C@@H]3C(C(C=C(N)c4cnc(N)c(C(F)(F)F)c4)=NC(C)C)[C@@H]3C2)C1. The van der Waals surface area contributed by atoms with E-state index >= 15 is 0 Å². The Morgan fingerprint density at radius 1 is 1.34 bits per heavy atom. The van der Waals surface area contributed by atoms with Gasteiger partial charge in [-0.05, 0) is 56.1 Å². The first-order chi connectivity index (χ1) is 15.0. The van der Waals surface area contributed by atoms with Crippen LogP contribution in [-0.4, -0.2) is 55.0 Å². The van der Waals surface area contributed by atoms with Gasteiger partial charge in [0.2, 0.25) is 0 Å². The van der Waals surface area contributed by atoms with E-state index in [1.54, 1.807) is 13.2 Å². The van der Waals surface area contributed by atoms with Crippen LogP contribution in [0.15, 0.2) is 23.3 Å². The number of nitrogens with zero attached hydrogens (tertiary/aromatic N) is 3. The Bertz CT molecular complexity index is 907. The van der Waals surface area contributed by atoms with Crippen molar-refractivity contribution in [1.29, 1.82) is 0 Å². The summed E-state index contributed by atoms with van der Waals surface area (Å²) in [5.41, 5.74) is 12.4. The lowest BCUT2D eigenvalue weighted by Crippen LogP contribution is -2.56. The summed E-state index contributed by atoms with van der Waals surface area (Å²) in [5.74, 6) is 0.943. The Balaban J connectivity index is 1.47. The van der Waals surface area contributed by atoms with E-state index in [2.05, 4.69) is 9.88 Å². The molecule has 1 aromatic rings. The van der Waals surface area contributed by atoms with Crippen molar-refractivity contribution in [3.05, 3.63) is 29.5 Å². The first-order valence-electron chi connectivity index (χ1n) is 11.1. The number of nitrogen functional groups attached to an aromatic ring is 1. The molecule has 9 heteroatoms. The van der Waals surface area contributed by atoms with Crippen LogP contribution >= 0.6 is 0 Å². The molecule has 3 atom stereocenters. The predicted octanol–water partition coefficient (Wildman–Crippen LogP) is 3.44. The predicted molar refractivity (Wildman–Crippen MR) is 119 cm³/mol. The van der Waals surface area contributed by atoms with Crippen molar-refractivity contribution in [2.24, 2.45) is 33.9 Å². The first kappa shape index (κ1) is 23.0. The van der Waals surface area contributed by atoms with Crippen molar-refractivity contribution < 1.29 is 17.9 Å². The zero-order valence-electron chi connectivity index (χ0n) is 18.8. The van der Waals surface area contributed by atoms with Gasteiger partial charge < -0.3 is 16.2 Å². The van der Waals surface area contributed by atoms with Gasteiger partial charge in [-0.25, -0.2) is 4.98 Å². The highest BCUT2D eigenvalue weighted by molar-refractivity contribution is 6.04. The molecule has 1 aromatic heterocycles. The van der Waals surface area contributed by atoms with Crippen LogP contribution < -0.4 is 11.5 Å². The molecule has 6 nitrogen and oxygen atoms in total. The number of fused-ring (bicyclic) bond motifs is 1. The van der Waals surface area contributed by atoms with E-state index in [0.717, 1.165) is 38.0 Å². The minimum atomic E-state index is -4.58. The van der Waals surface area contributed by atoms with Gasteiger partial charge in [-0.15, -0.1) is 0 Å². The number of hydrogen-bond donors (Lipinski definition) is 2. The molecule has 32 heavy (non-hydrogen) atoms. The van der Waals surface area contributed by atoms with Gasteiger partial charge in [-0.2, -0.15) is 13.2 Å². The fourth-order valence-corrected chi connectivity index (χ4v) is 5.68. The Labute approximate surface area is 186 Å². The number of nitrogens with two attached hydrogens (primary N) is 2. The van der Waals surface area contributed by atoms with Gasteiger partial charge in [0, 0.05) is 61.9 Å². The maximum Gasteiger partial charge on any atom is 0.419 e. The van der Waals surface area contributed by atoms with Crippen LogP contribution in [0.1, 0.15) is 37.8 Å². The lowest BCUT2D eigenvalue weighted by molar-refractivity contribution is -0.137. The van der Waals surface area contributed by atoms with Crippen molar-refractivity contribution in [1.82, 2.24) is 9.88 Å². The van der Waals surface area contributed by atoms with Crippen molar-refractivity contribution in [3.8, 4) is 0 Å². The first-order valence-corrected chi connectivity index (χ1v) is 11.1.